The van der Waals surface area contributed by atoms with Gasteiger partial charge in [0.1, 0.15) is 17.6 Å². The van der Waals surface area contributed by atoms with E-state index < -0.39 is 5.97 Å². The van der Waals surface area contributed by atoms with Crippen LogP contribution in [0.15, 0.2) is 12.1 Å². The summed E-state index contributed by atoms with van der Waals surface area (Å²) in [6.45, 7) is 2.17. The Morgan fingerprint density at radius 1 is 1.16 bits per heavy atom. The van der Waals surface area contributed by atoms with Crippen molar-refractivity contribution in [2.24, 2.45) is 0 Å². The first-order chi connectivity index (χ1) is 9.13. The SMILES string of the molecule is CCCCCCCC1OC(=O)c2cc(O)cc(O)c21. The topological polar surface area (TPSA) is 66.8 Å². The minimum atomic E-state index is -0.459. The molecule has 2 rings (SSSR count). The summed E-state index contributed by atoms with van der Waals surface area (Å²) in [6, 6.07) is 2.61. The summed E-state index contributed by atoms with van der Waals surface area (Å²) in [6.07, 6.45) is 6.03. The van der Waals surface area contributed by atoms with E-state index in [1.807, 2.05) is 0 Å². The van der Waals surface area contributed by atoms with Crippen molar-refractivity contribution < 1.29 is 19.7 Å². The summed E-state index contributed by atoms with van der Waals surface area (Å²) in [4.78, 5) is 11.7. The summed E-state index contributed by atoms with van der Waals surface area (Å²) in [5.74, 6) is -0.629. The van der Waals surface area contributed by atoms with Gasteiger partial charge in [0.25, 0.3) is 0 Å². The van der Waals surface area contributed by atoms with E-state index in [4.69, 9.17) is 4.74 Å². The third-order valence-electron chi connectivity index (χ3n) is 3.50. The third kappa shape index (κ3) is 3.00. The van der Waals surface area contributed by atoms with E-state index in [0.717, 1.165) is 19.3 Å². The molecule has 104 valence electrons. The first-order valence-corrected chi connectivity index (χ1v) is 6.90. The van der Waals surface area contributed by atoms with Gasteiger partial charge in [0, 0.05) is 11.6 Å². The number of benzene rings is 1. The molecular weight excluding hydrogens is 244 g/mol. The fourth-order valence-corrected chi connectivity index (χ4v) is 2.52. The number of carbonyl (C=O) groups is 1. The van der Waals surface area contributed by atoms with Crippen molar-refractivity contribution in [1.29, 1.82) is 0 Å². The van der Waals surface area contributed by atoms with Crippen LogP contribution in [0.5, 0.6) is 11.5 Å². The van der Waals surface area contributed by atoms with Crippen molar-refractivity contribution in [1.82, 2.24) is 0 Å². The van der Waals surface area contributed by atoms with E-state index in [1.165, 1.54) is 31.4 Å². The van der Waals surface area contributed by atoms with Crippen LogP contribution in [0.4, 0.5) is 0 Å². The van der Waals surface area contributed by atoms with Crippen molar-refractivity contribution in [3.05, 3.63) is 23.3 Å². The Balaban J connectivity index is 2.01. The maximum atomic E-state index is 11.7. The molecule has 0 fully saturated rings. The van der Waals surface area contributed by atoms with E-state index >= 15 is 0 Å². The van der Waals surface area contributed by atoms with Gasteiger partial charge in [0.05, 0.1) is 5.56 Å². The first-order valence-electron chi connectivity index (χ1n) is 6.90. The lowest BCUT2D eigenvalue weighted by Gasteiger charge is -2.11. The number of phenolic OH excluding ortho intramolecular Hbond substituents is 2. The highest BCUT2D eigenvalue weighted by Gasteiger charge is 2.33. The zero-order valence-electron chi connectivity index (χ0n) is 11.2. The number of carbonyl (C=O) groups excluding carboxylic acids is 1. The van der Waals surface area contributed by atoms with Crippen LogP contribution in [0.25, 0.3) is 0 Å². The minimum Gasteiger partial charge on any atom is -0.508 e. The highest BCUT2D eigenvalue weighted by Crippen LogP contribution is 2.41. The number of aromatic hydroxyl groups is 2. The van der Waals surface area contributed by atoms with Crippen LogP contribution >= 0.6 is 0 Å². The lowest BCUT2D eigenvalue weighted by molar-refractivity contribution is 0.0361. The zero-order chi connectivity index (χ0) is 13.8. The molecule has 1 atom stereocenters. The van der Waals surface area contributed by atoms with Crippen LogP contribution < -0.4 is 0 Å². The number of esters is 1. The molecule has 0 aromatic heterocycles. The third-order valence-corrected chi connectivity index (χ3v) is 3.50. The van der Waals surface area contributed by atoms with Crippen LogP contribution in [-0.2, 0) is 4.74 Å². The Morgan fingerprint density at radius 2 is 1.89 bits per heavy atom. The van der Waals surface area contributed by atoms with E-state index in [0.29, 0.717) is 5.56 Å². The smallest absolute Gasteiger partial charge is 0.339 e. The molecule has 2 N–H and O–H groups in total. The molecule has 0 radical (unpaired) electrons. The maximum absolute atomic E-state index is 11.7. The predicted molar refractivity (Wildman–Crippen MR) is 71.3 cm³/mol. The number of ether oxygens (including phenoxy) is 1. The van der Waals surface area contributed by atoms with E-state index in [1.54, 1.807) is 0 Å². The van der Waals surface area contributed by atoms with Crippen LogP contribution in [0.1, 0.15) is 67.5 Å². The molecule has 1 aliphatic rings. The van der Waals surface area contributed by atoms with E-state index in [-0.39, 0.29) is 23.2 Å². The second kappa shape index (κ2) is 5.95. The molecule has 19 heavy (non-hydrogen) atoms. The summed E-state index contributed by atoms with van der Waals surface area (Å²) in [5, 5.41) is 19.2. The molecule has 0 aliphatic carbocycles. The quantitative estimate of drug-likeness (QED) is 0.607. The van der Waals surface area contributed by atoms with Gasteiger partial charge in [-0.1, -0.05) is 32.6 Å². The Hall–Kier alpha value is -1.71. The molecule has 0 spiro atoms. The highest BCUT2D eigenvalue weighted by atomic mass is 16.5. The van der Waals surface area contributed by atoms with Gasteiger partial charge >= 0.3 is 5.97 Å². The Morgan fingerprint density at radius 3 is 2.63 bits per heavy atom. The molecule has 4 nitrogen and oxygen atoms in total. The normalized spacial score (nSPS) is 17.3. The largest absolute Gasteiger partial charge is 0.508 e. The van der Waals surface area contributed by atoms with Gasteiger partial charge in [0.15, 0.2) is 0 Å². The molecule has 0 bridgehead atoms. The minimum absolute atomic E-state index is 0.0561. The van der Waals surface area contributed by atoms with Crippen LogP contribution in [-0.4, -0.2) is 16.2 Å². The zero-order valence-corrected chi connectivity index (χ0v) is 11.2. The average molecular weight is 264 g/mol. The summed E-state index contributed by atoms with van der Waals surface area (Å²) in [7, 11) is 0. The highest BCUT2D eigenvalue weighted by molar-refractivity contribution is 5.95. The molecule has 0 amide bonds. The average Bonchev–Trinajstić information content (AvgIpc) is 2.66. The monoisotopic (exact) mass is 264 g/mol. The lowest BCUT2D eigenvalue weighted by atomic mass is 9.99. The predicted octanol–water partition coefficient (Wildman–Crippen LogP) is 3.67. The van der Waals surface area contributed by atoms with Gasteiger partial charge in [-0.25, -0.2) is 4.79 Å². The number of hydrogen-bond donors (Lipinski definition) is 2. The fraction of sp³-hybridized carbons (Fsp3) is 0.533. The summed E-state index contributed by atoms with van der Waals surface area (Å²) >= 11 is 0. The maximum Gasteiger partial charge on any atom is 0.339 e. The number of hydrogen-bond acceptors (Lipinski definition) is 4. The van der Waals surface area contributed by atoms with Gasteiger partial charge in [-0.3, -0.25) is 0 Å². The molecule has 1 aromatic carbocycles. The first kappa shape index (κ1) is 13.7. The van der Waals surface area contributed by atoms with Gasteiger partial charge in [-0.05, 0) is 18.9 Å². The van der Waals surface area contributed by atoms with Crippen molar-refractivity contribution >= 4 is 5.97 Å². The Bertz CT molecular complexity index is 467. The van der Waals surface area contributed by atoms with Gasteiger partial charge in [0.2, 0.25) is 0 Å². The van der Waals surface area contributed by atoms with Crippen molar-refractivity contribution in [2.75, 3.05) is 0 Å². The molecule has 0 saturated carbocycles. The van der Waals surface area contributed by atoms with Gasteiger partial charge < -0.3 is 14.9 Å². The van der Waals surface area contributed by atoms with Crippen molar-refractivity contribution in [3.8, 4) is 11.5 Å². The van der Waals surface area contributed by atoms with Crippen molar-refractivity contribution in [3.63, 3.8) is 0 Å². The summed E-state index contributed by atoms with van der Waals surface area (Å²) in [5.41, 5.74) is 0.814. The van der Waals surface area contributed by atoms with Crippen molar-refractivity contribution in [2.45, 2.75) is 51.6 Å². The summed E-state index contributed by atoms with van der Waals surface area (Å²) < 4.78 is 5.26. The second-order valence-electron chi connectivity index (χ2n) is 5.02. The standard InChI is InChI=1S/C15H20O4/c1-2-3-4-5-6-7-13-14-11(15(18)19-13)8-10(16)9-12(14)17/h8-9,13,16-17H,2-7H2,1H3. The number of rotatable bonds is 6. The van der Waals surface area contributed by atoms with Crippen LogP contribution in [0, 0.1) is 0 Å². The van der Waals surface area contributed by atoms with E-state index in [9.17, 15) is 15.0 Å². The number of cyclic esters (lactones) is 1. The van der Waals surface area contributed by atoms with Gasteiger partial charge in [-0.15, -0.1) is 0 Å². The molecule has 1 aliphatic heterocycles. The molecule has 1 aromatic rings. The molecular formula is C15H20O4. The Kier molecular flexibility index (Phi) is 4.30. The number of fused-ring (bicyclic) bond motifs is 1. The molecule has 1 heterocycles. The fourth-order valence-electron chi connectivity index (χ4n) is 2.52. The number of unbranched alkanes of at least 4 members (excludes halogenated alkanes) is 4. The lowest BCUT2D eigenvalue weighted by Crippen LogP contribution is -1.98. The Labute approximate surface area is 113 Å². The van der Waals surface area contributed by atoms with Crippen LogP contribution in [0.3, 0.4) is 0 Å². The molecule has 1 unspecified atom stereocenters. The van der Waals surface area contributed by atoms with Gasteiger partial charge in [-0.2, -0.15) is 0 Å². The van der Waals surface area contributed by atoms with E-state index in [2.05, 4.69) is 6.92 Å². The number of phenols is 2. The second-order valence-corrected chi connectivity index (χ2v) is 5.02. The molecule has 4 heteroatoms. The molecule has 0 saturated heterocycles. The van der Waals surface area contributed by atoms with Crippen LogP contribution in [0.2, 0.25) is 0 Å².